The zero-order valence-electron chi connectivity index (χ0n) is 6.22. The van der Waals surface area contributed by atoms with Crippen LogP contribution in [0.4, 0.5) is 0 Å². The van der Waals surface area contributed by atoms with Crippen molar-refractivity contribution >= 4 is 0 Å². The summed E-state index contributed by atoms with van der Waals surface area (Å²) in [5, 5.41) is 8.90. The highest BCUT2D eigenvalue weighted by atomic mass is 16.1. The molecular weight excluding hydrogens is 144 g/mol. The van der Waals surface area contributed by atoms with Gasteiger partial charge < -0.3 is 5.32 Å². The monoisotopic (exact) mass is 154 g/mol. The Morgan fingerprint density at radius 1 is 1.73 bits per heavy atom. The van der Waals surface area contributed by atoms with Gasteiger partial charge >= 0.3 is 5.69 Å². The van der Waals surface area contributed by atoms with E-state index in [-0.39, 0.29) is 5.69 Å². The normalized spacial score (nSPS) is 10.6. The van der Waals surface area contributed by atoms with Crippen molar-refractivity contribution in [2.45, 2.75) is 13.5 Å². The van der Waals surface area contributed by atoms with E-state index < -0.39 is 0 Å². The van der Waals surface area contributed by atoms with Crippen LogP contribution in [-0.2, 0) is 6.54 Å². The van der Waals surface area contributed by atoms with Gasteiger partial charge in [-0.05, 0) is 13.1 Å². The van der Waals surface area contributed by atoms with Gasteiger partial charge in [0, 0.05) is 0 Å². The molecule has 0 unspecified atom stereocenters. The Balaban J connectivity index is 2.45. The minimum absolute atomic E-state index is 0.276. The van der Waals surface area contributed by atoms with Crippen molar-refractivity contribution in [1.29, 1.82) is 0 Å². The summed E-state index contributed by atoms with van der Waals surface area (Å²) in [6.45, 7) is 2.43. The molecule has 0 aliphatic carbocycles. The van der Waals surface area contributed by atoms with Crippen LogP contribution < -0.4 is 11.0 Å². The first-order chi connectivity index (χ1) is 5.33. The molecule has 0 aliphatic rings. The van der Waals surface area contributed by atoms with Crippen LogP contribution in [0.15, 0.2) is 17.1 Å². The van der Waals surface area contributed by atoms with E-state index in [1.807, 2.05) is 13.0 Å². The molecule has 0 saturated heterocycles. The first kappa shape index (κ1) is 7.59. The maximum absolute atomic E-state index is 10.5. The van der Waals surface area contributed by atoms with Crippen LogP contribution in [0.5, 0.6) is 0 Å². The number of aromatic nitrogens is 3. The lowest BCUT2D eigenvalue weighted by Gasteiger charge is -1.92. The first-order valence-corrected chi connectivity index (χ1v) is 3.31. The number of hydrogen-bond acceptors (Lipinski definition) is 3. The average molecular weight is 154 g/mol. The molecule has 0 saturated carbocycles. The number of hydrogen-bond donors (Lipinski definition) is 3. The van der Waals surface area contributed by atoms with Crippen molar-refractivity contribution in [3.8, 4) is 0 Å². The molecule has 0 aliphatic heterocycles. The molecule has 0 aromatic carbocycles. The smallest absolute Gasteiger partial charge is 0.340 e. The second kappa shape index (κ2) is 3.60. The number of nitrogens with one attached hydrogen (secondary N) is 3. The largest absolute Gasteiger partial charge is 0.384 e. The Morgan fingerprint density at radius 3 is 3.09 bits per heavy atom. The van der Waals surface area contributed by atoms with E-state index in [1.54, 1.807) is 6.20 Å². The number of rotatable bonds is 3. The van der Waals surface area contributed by atoms with Gasteiger partial charge in [-0.25, -0.2) is 9.89 Å². The molecule has 0 radical (unpaired) electrons. The molecule has 5 nitrogen and oxygen atoms in total. The maximum atomic E-state index is 10.5. The number of allylic oxidation sites excluding steroid dienone is 1. The predicted molar refractivity (Wildman–Crippen MR) is 40.9 cm³/mol. The summed E-state index contributed by atoms with van der Waals surface area (Å²) in [6, 6.07) is 0. The standard InChI is InChI=1S/C6H10N4O/c1-2-3-7-4-5-8-6(11)10-9-5/h2-3,7H,4H2,1H3,(H2,8,9,10,11)/b3-2+. The van der Waals surface area contributed by atoms with Gasteiger partial charge in [0.05, 0.1) is 6.54 Å². The Bertz CT molecular complexity index is 285. The van der Waals surface area contributed by atoms with Crippen molar-refractivity contribution < 1.29 is 0 Å². The zero-order valence-corrected chi connectivity index (χ0v) is 6.22. The lowest BCUT2D eigenvalue weighted by molar-refractivity contribution is 0.799. The molecule has 0 amide bonds. The van der Waals surface area contributed by atoms with E-state index in [1.165, 1.54) is 0 Å². The van der Waals surface area contributed by atoms with E-state index in [0.29, 0.717) is 12.4 Å². The van der Waals surface area contributed by atoms with Crippen LogP contribution in [-0.4, -0.2) is 15.2 Å². The molecular formula is C6H10N4O. The number of nitrogens with zero attached hydrogens (tertiary/aromatic N) is 1. The highest BCUT2D eigenvalue weighted by Crippen LogP contribution is 1.79. The number of aromatic amines is 2. The molecule has 0 atom stereocenters. The fourth-order valence-corrected chi connectivity index (χ4v) is 0.662. The van der Waals surface area contributed by atoms with Gasteiger partial charge in [0.1, 0.15) is 5.82 Å². The topological polar surface area (TPSA) is 73.6 Å². The Labute approximate surface area is 63.5 Å². The van der Waals surface area contributed by atoms with Gasteiger partial charge in [0.2, 0.25) is 0 Å². The highest BCUT2D eigenvalue weighted by molar-refractivity contribution is 4.83. The summed E-state index contributed by atoms with van der Waals surface area (Å²) >= 11 is 0. The summed E-state index contributed by atoms with van der Waals surface area (Å²) in [4.78, 5) is 13.0. The van der Waals surface area contributed by atoms with Crippen LogP contribution in [0.3, 0.4) is 0 Å². The van der Waals surface area contributed by atoms with Gasteiger partial charge in [0.25, 0.3) is 0 Å². The van der Waals surface area contributed by atoms with E-state index in [9.17, 15) is 4.79 Å². The molecule has 0 spiro atoms. The molecule has 5 heteroatoms. The summed E-state index contributed by atoms with van der Waals surface area (Å²) in [6.07, 6.45) is 3.65. The van der Waals surface area contributed by atoms with Crippen molar-refractivity contribution in [3.05, 3.63) is 28.6 Å². The van der Waals surface area contributed by atoms with Crippen molar-refractivity contribution in [2.24, 2.45) is 0 Å². The third kappa shape index (κ3) is 2.29. The SMILES string of the molecule is C/C=C/NCc1n[nH]c(=O)[nH]1. The molecule has 60 valence electrons. The molecule has 1 aromatic heterocycles. The van der Waals surface area contributed by atoms with Crippen LogP contribution in [0, 0.1) is 0 Å². The van der Waals surface area contributed by atoms with Gasteiger partial charge in [-0.3, -0.25) is 4.98 Å². The fraction of sp³-hybridized carbons (Fsp3) is 0.333. The minimum Gasteiger partial charge on any atom is -0.384 e. The quantitative estimate of drug-likeness (QED) is 0.560. The molecule has 1 aromatic rings. The third-order valence-electron chi connectivity index (χ3n) is 1.10. The Morgan fingerprint density at radius 2 is 2.55 bits per heavy atom. The summed E-state index contributed by atoms with van der Waals surface area (Å²) in [5.41, 5.74) is -0.276. The van der Waals surface area contributed by atoms with Crippen LogP contribution in [0.25, 0.3) is 0 Å². The summed E-state index contributed by atoms with van der Waals surface area (Å²) in [7, 11) is 0. The van der Waals surface area contributed by atoms with Crippen molar-refractivity contribution in [1.82, 2.24) is 20.5 Å². The molecule has 3 N–H and O–H groups in total. The van der Waals surface area contributed by atoms with Gasteiger partial charge in [-0.2, -0.15) is 5.10 Å². The van der Waals surface area contributed by atoms with Gasteiger partial charge in [-0.15, -0.1) is 0 Å². The Kier molecular flexibility index (Phi) is 2.48. The summed E-state index contributed by atoms with van der Waals surface area (Å²) in [5.74, 6) is 0.605. The molecule has 11 heavy (non-hydrogen) atoms. The second-order valence-corrected chi connectivity index (χ2v) is 2.01. The predicted octanol–water partition coefficient (Wildman–Crippen LogP) is -0.279. The van der Waals surface area contributed by atoms with Crippen molar-refractivity contribution in [2.75, 3.05) is 0 Å². The van der Waals surface area contributed by atoms with E-state index in [4.69, 9.17) is 0 Å². The third-order valence-corrected chi connectivity index (χ3v) is 1.10. The van der Waals surface area contributed by atoms with Crippen LogP contribution in [0.1, 0.15) is 12.7 Å². The average Bonchev–Trinajstić information content (AvgIpc) is 2.37. The minimum atomic E-state index is -0.276. The van der Waals surface area contributed by atoms with Crippen LogP contribution >= 0.6 is 0 Å². The molecule has 0 fully saturated rings. The van der Waals surface area contributed by atoms with E-state index >= 15 is 0 Å². The lowest BCUT2D eigenvalue weighted by atomic mass is 10.6. The zero-order chi connectivity index (χ0) is 8.10. The summed E-state index contributed by atoms with van der Waals surface area (Å²) < 4.78 is 0. The molecule has 1 rings (SSSR count). The van der Waals surface area contributed by atoms with Gasteiger partial charge in [0.15, 0.2) is 0 Å². The van der Waals surface area contributed by atoms with Crippen LogP contribution in [0.2, 0.25) is 0 Å². The molecule has 0 bridgehead atoms. The van der Waals surface area contributed by atoms with Gasteiger partial charge in [-0.1, -0.05) is 6.08 Å². The second-order valence-electron chi connectivity index (χ2n) is 2.01. The van der Waals surface area contributed by atoms with Crippen molar-refractivity contribution in [3.63, 3.8) is 0 Å². The Hall–Kier alpha value is -1.52. The first-order valence-electron chi connectivity index (χ1n) is 3.31. The van der Waals surface area contributed by atoms with E-state index in [0.717, 1.165) is 0 Å². The maximum Gasteiger partial charge on any atom is 0.340 e. The fourth-order valence-electron chi connectivity index (χ4n) is 0.662. The molecule has 1 heterocycles. The number of H-pyrrole nitrogens is 2. The highest BCUT2D eigenvalue weighted by Gasteiger charge is 1.93. The van der Waals surface area contributed by atoms with E-state index in [2.05, 4.69) is 20.5 Å². The lowest BCUT2D eigenvalue weighted by Crippen LogP contribution is -2.07.